The molecule has 2 heterocycles. The van der Waals surface area contributed by atoms with E-state index in [0.717, 1.165) is 22.2 Å². The van der Waals surface area contributed by atoms with Gasteiger partial charge in [0.25, 0.3) is 5.69 Å². The second kappa shape index (κ2) is 5.92. The zero-order chi connectivity index (χ0) is 19.5. The summed E-state index contributed by atoms with van der Waals surface area (Å²) in [6, 6.07) is 28.0. The Morgan fingerprint density at radius 2 is 1.48 bits per heavy atom. The Hall–Kier alpha value is -3.65. The fourth-order valence-corrected chi connectivity index (χ4v) is 4.50. The molecule has 0 saturated heterocycles. The number of aryl methyl sites for hydroxylation is 2. The number of aromatic nitrogens is 1. The Balaban J connectivity index is 1.76. The standard InChI is InChI=1S/C27H20NO/c1-17-10-13-22-24-15-20-12-11-19-8-3-4-9-21(19)23(20)16-25(24)29-27(22)26(17)28-14-6-5-7-18(28)2/h3-16H,1-2H3/q+1. The molecule has 2 aromatic heterocycles. The monoisotopic (exact) mass is 374 g/mol. The van der Waals surface area contributed by atoms with Crippen LogP contribution in [0.5, 0.6) is 0 Å². The van der Waals surface area contributed by atoms with Crippen LogP contribution in [-0.2, 0) is 0 Å². The van der Waals surface area contributed by atoms with E-state index >= 15 is 0 Å². The lowest BCUT2D eigenvalue weighted by atomic mass is 9.99. The topological polar surface area (TPSA) is 17.0 Å². The first-order valence-electron chi connectivity index (χ1n) is 9.96. The maximum atomic E-state index is 6.51. The molecule has 0 radical (unpaired) electrons. The van der Waals surface area contributed by atoms with Gasteiger partial charge in [-0.1, -0.05) is 48.5 Å². The molecule has 138 valence electrons. The van der Waals surface area contributed by atoms with Crippen molar-refractivity contribution in [2.45, 2.75) is 13.8 Å². The summed E-state index contributed by atoms with van der Waals surface area (Å²) in [5.41, 5.74) is 5.38. The third kappa shape index (κ3) is 2.32. The van der Waals surface area contributed by atoms with Crippen molar-refractivity contribution >= 4 is 43.5 Å². The van der Waals surface area contributed by atoms with E-state index in [0.29, 0.717) is 0 Å². The van der Waals surface area contributed by atoms with Crippen LogP contribution in [0.2, 0.25) is 0 Å². The molecular formula is C27H20NO+. The van der Waals surface area contributed by atoms with Crippen LogP contribution in [0.3, 0.4) is 0 Å². The van der Waals surface area contributed by atoms with E-state index in [-0.39, 0.29) is 0 Å². The number of pyridine rings is 1. The molecule has 29 heavy (non-hydrogen) atoms. The third-order valence-electron chi connectivity index (χ3n) is 5.99. The van der Waals surface area contributed by atoms with Gasteiger partial charge in [-0.05, 0) is 46.7 Å². The maximum Gasteiger partial charge on any atom is 0.257 e. The van der Waals surface area contributed by atoms with Crippen LogP contribution in [0.25, 0.3) is 49.2 Å². The minimum absolute atomic E-state index is 0.935. The van der Waals surface area contributed by atoms with E-state index in [1.165, 1.54) is 38.2 Å². The van der Waals surface area contributed by atoms with Gasteiger partial charge in [-0.3, -0.25) is 0 Å². The molecule has 2 nitrogen and oxygen atoms in total. The number of benzene rings is 4. The highest BCUT2D eigenvalue weighted by atomic mass is 16.3. The Morgan fingerprint density at radius 3 is 2.38 bits per heavy atom. The summed E-state index contributed by atoms with van der Waals surface area (Å²) in [6.07, 6.45) is 2.11. The van der Waals surface area contributed by atoms with Gasteiger partial charge in [-0.2, -0.15) is 4.57 Å². The van der Waals surface area contributed by atoms with Crippen LogP contribution in [-0.4, -0.2) is 0 Å². The van der Waals surface area contributed by atoms with Gasteiger partial charge in [0.2, 0.25) is 5.58 Å². The molecule has 0 saturated carbocycles. The lowest BCUT2D eigenvalue weighted by Crippen LogP contribution is -2.34. The van der Waals surface area contributed by atoms with Crippen molar-refractivity contribution in [3.8, 4) is 5.69 Å². The lowest BCUT2D eigenvalue weighted by molar-refractivity contribution is -0.602. The van der Waals surface area contributed by atoms with Gasteiger partial charge < -0.3 is 4.42 Å². The van der Waals surface area contributed by atoms with Crippen LogP contribution in [0.1, 0.15) is 11.3 Å². The normalized spacial score (nSPS) is 11.8. The van der Waals surface area contributed by atoms with E-state index in [4.69, 9.17) is 4.42 Å². The van der Waals surface area contributed by atoms with Crippen molar-refractivity contribution in [3.63, 3.8) is 0 Å². The minimum Gasteiger partial charge on any atom is -0.449 e. The van der Waals surface area contributed by atoms with E-state index < -0.39 is 0 Å². The second-order valence-electron chi connectivity index (χ2n) is 7.78. The molecule has 2 heteroatoms. The summed E-state index contributed by atoms with van der Waals surface area (Å²) in [4.78, 5) is 0. The van der Waals surface area contributed by atoms with Crippen molar-refractivity contribution in [1.82, 2.24) is 0 Å². The molecule has 6 aromatic rings. The van der Waals surface area contributed by atoms with Crippen molar-refractivity contribution < 1.29 is 8.98 Å². The first-order valence-corrected chi connectivity index (χ1v) is 9.96. The molecule has 0 spiro atoms. The number of furan rings is 1. The molecule has 0 unspecified atom stereocenters. The van der Waals surface area contributed by atoms with E-state index in [1.807, 2.05) is 0 Å². The average molecular weight is 374 g/mol. The molecule has 0 amide bonds. The summed E-state index contributed by atoms with van der Waals surface area (Å²) < 4.78 is 8.73. The molecule has 0 bridgehead atoms. The van der Waals surface area contributed by atoms with Gasteiger partial charge in [0, 0.05) is 35.4 Å². The molecule has 0 fully saturated rings. The van der Waals surface area contributed by atoms with Gasteiger partial charge in [0.05, 0.1) is 0 Å². The average Bonchev–Trinajstić information content (AvgIpc) is 3.10. The van der Waals surface area contributed by atoms with Crippen molar-refractivity contribution in [1.29, 1.82) is 0 Å². The minimum atomic E-state index is 0.935. The number of nitrogens with zero attached hydrogens (tertiary/aromatic N) is 1. The number of hydrogen-bond donors (Lipinski definition) is 0. The quantitative estimate of drug-likeness (QED) is 0.229. The Bertz CT molecular complexity index is 1570. The molecular weight excluding hydrogens is 354 g/mol. The Kier molecular flexibility index (Phi) is 3.33. The smallest absolute Gasteiger partial charge is 0.257 e. The fraction of sp³-hybridized carbons (Fsp3) is 0.0741. The highest BCUT2D eigenvalue weighted by Crippen LogP contribution is 2.37. The summed E-state index contributed by atoms with van der Waals surface area (Å²) in [6.45, 7) is 4.27. The van der Waals surface area contributed by atoms with Crippen molar-refractivity contribution in [2.24, 2.45) is 0 Å². The summed E-state index contributed by atoms with van der Waals surface area (Å²) in [7, 11) is 0. The third-order valence-corrected chi connectivity index (χ3v) is 5.99. The molecule has 0 aliphatic rings. The first kappa shape index (κ1) is 16.3. The highest BCUT2D eigenvalue weighted by molar-refractivity contribution is 6.16. The number of rotatable bonds is 1. The fourth-order valence-electron chi connectivity index (χ4n) is 4.50. The Labute approximate surface area is 168 Å². The van der Waals surface area contributed by atoms with E-state index in [1.54, 1.807) is 0 Å². The zero-order valence-corrected chi connectivity index (χ0v) is 16.4. The number of fused-ring (bicyclic) bond motifs is 6. The molecule has 6 rings (SSSR count). The number of hydrogen-bond acceptors (Lipinski definition) is 1. The van der Waals surface area contributed by atoms with Crippen molar-refractivity contribution in [2.75, 3.05) is 0 Å². The van der Waals surface area contributed by atoms with Gasteiger partial charge in [0.1, 0.15) is 5.58 Å². The molecule has 4 aromatic carbocycles. The van der Waals surface area contributed by atoms with Crippen LogP contribution >= 0.6 is 0 Å². The highest BCUT2D eigenvalue weighted by Gasteiger charge is 2.22. The van der Waals surface area contributed by atoms with Gasteiger partial charge in [-0.25, -0.2) is 0 Å². The van der Waals surface area contributed by atoms with Crippen LogP contribution in [0, 0.1) is 13.8 Å². The lowest BCUT2D eigenvalue weighted by Gasteiger charge is -2.04. The summed E-state index contributed by atoms with van der Waals surface area (Å²) >= 11 is 0. The molecule has 0 atom stereocenters. The van der Waals surface area contributed by atoms with E-state index in [9.17, 15) is 0 Å². The van der Waals surface area contributed by atoms with Crippen LogP contribution in [0.15, 0.2) is 89.5 Å². The van der Waals surface area contributed by atoms with Gasteiger partial charge in [0.15, 0.2) is 11.9 Å². The molecule has 0 aliphatic heterocycles. The predicted molar refractivity (Wildman–Crippen MR) is 120 cm³/mol. The largest absolute Gasteiger partial charge is 0.449 e. The zero-order valence-electron chi connectivity index (χ0n) is 16.4. The first-order chi connectivity index (χ1) is 14.2. The van der Waals surface area contributed by atoms with E-state index in [2.05, 4.69) is 103 Å². The summed E-state index contributed by atoms with van der Waals surface area (Å²) in [5.74, 6) is 0. The van der Waals surface area contributed by atoms with Crippen LogP contribution < -0.4 is 4.57 Å². The Morgan fingerprint density at radius 1 is 0.655 bits per heavy atom. The van der Waals surface area contributed by atoms with Gasteiger partial charge >= 0.3 is 0 Å². The second-order valence-corrected chi connectivity index (χ2v) is 7.78. The summed E-state index contributed by atoms with van der Waals surface area (Å²) in [5, 5.41) is 7.31. The van der Waals surface area contributed by atoms with Crippen LogP contribution in [0.4, 0.5) is 0 Å². The molecule has 0 aliphatic carbocycles. The maximum absolute atomic E-state index is 6.51. The van der Waals surface area contributed by atoms with Crippen molar-refractivity contribution in [3.05, 3.63) is 96.3 Å². The molecule has 0 N–H and O–H groups in total. The van der Waals surface area contributed by atoms with Gasteiger partial charge in [-0.15, -0.1) is 0 Å². The SMILES string of the molecule is Cc1ccc2c(oc3cc4c(ccc5ccccc54)cc32)c1-[n+]1ccccc1C. The predicted octanol–water partition coefficient (Wildman–Crippen LogP) is 6.79.